The molecule has 2 heterocycles. The Morgan fingerprint density at radius 1 is 0.806 bits per heavy atom. The summed E-state index contributed by atoms with van der Waals surface area (Å²) in [4.78, 5) is 4.55. The van der Waals surface area contributed by atoms with Crippen LogP contribution in [0.15, 0.2) is 96.5 Å². The lowest BCUT2D eigenvalue weighted by Gasteiger charge is -2.13. The fourth-order valence-corrected chi connectivity index (χ4v) is 4.47. The smallest absolute Gasteiger partial charge is 0.121 e. The molecule has 0 aliphatic carbocycles. The fourth-order valence-electron chi connectivity index (χ4n) is 3.65. The summed E-state index contributed by atoms with van der Waals surface area (Å²) in [5.41, 5.74) is 5.37. The predicted molar refractivity (Wildman–Crippen MR) is 128 cm³/mol. The second kappa shape index (κ2) is 8.62. The van der Waals surface area contributed by atoms with Crippen molar-refractivity contribution in [1.29, 1.82) is 0 Å². The molecule has 31 heavy (non-hydrogen) atoms. The number of methoxy groups -OCH3 is 1. The maximum atomic E-state index is 6.22. The minimum Gasteiger partial charge on any atom is -0.497 e. The zero-order chi connectivity index (χ0) is 21.0. The van der Waals surface area contributed by atoms with Crippen LogP contribution >= 0.6 is 11.3 Å². The highest BCUT2D eigenvalue weighted by Gasteiger charge is 2.10. The molecule has 0 saturated heterocycles. The zero-order valence-electron chi connectivity index (χ0n) is 17.1. The highest BCUT2D eigenvalue weighted by Crippen LogP contribution is 2.36. The summed E-state index contributed by atoms with van der Waals surface area (Å²) in [7, 11) is 1.67. The summed E-state index contributed by atoms with van der Waals surface area (Å²) < 4.78 is 12.7. The minimum absolute atomic E-state index is 0.484. The zero-order valence-corrected chi connectivity index (χ0v) is 17.9. The summed E-state index contributed by atoms with van der Waals surface area (Å²) in [5.74, 6) is 1.66. The van der Waals surface area contributed by atoms with Gasteiger partial charge < -0.3 is 9.47 Å². The first-order valence-electron chi connectivity index (χ1n) is 10.1. The number of hydrogen-bond donors (Lipinski definition) is 0. The van der Waals surface area contributed by atoms with Gasteiger partial charge in [0.05, 0.1) is 12.8 Å². The Kier molecular flexibility index (Phi) is 5.38. The molecule has 0 amide bonds. The molecule has 0 radical (unpaired) electrons. The van der Waals surface area contributed by atoms with Crippen molar-refractivity contribution in [3.63, 3.8) is 0 Å². The monoisotopic (exact) mass is 423 g/mol. The van der Waals surface area contributed by atoms with E-state index in [9.17, 15) is 0 Å². The van der Waals surface area contributed by atoms with Crippen LogP contribution in [0, 0.1) is 0 Å². The van der Waals surface area contributed by atoms with Crippen molar-refractivity contribution in [2.45, 2.75) is 6.61 Å². The second-order valence-electron chi connectivity index (χ2n) is 7.24. The number of aromatic nitrogens is 1. The highest BCUT2D eigenvalue weighted by molar-refractivity contribution is 7.17. The molecule has 0 spiro atoms. The Bertz CT molecular complexity index is 1310. The summed E-state index contributed by atoms with van der Waals surface area (Å²) in [6.45, 7) is 0.484. The maximum absolute atomic E-state index is 6.22. The molecule has 0 bridgehead atoms. The van der Waals surface area contributed by atoms with Gasteiger partial charge in [-0.2, -0.15) is 0 Å². The van der Waals surface area contributed by atoms with Crippen molar-refractivity contribution < 1.29 is 9.47 Å². The first-order chi connectivity index (χ1) is 15.3. The standard InChI is InChI=1S/C27H21NO2S/c1-29-22-10-8-19(9-11-22)18-30-23-16-20(15-21(17-23)26-6-2-3-13-28-26)24-5-4-7-27-25(24)12-14-31-27/h2-17H,18H2,1H3. The van der Waals surface area contributed by atoms with Crippen LogP contribution in [-0.2, 0) is 6.61 Å². The van der Waals surface area contributed by atoms with Gasteiger partial charge in [-0.05, 0) is 76.7 Å². The largest absolute Gasteiger partial charge is 0.497 e. The van der Waals surface area contributed by atoms with E-state index < -0.39 is 0 Å². The molecule has 0 N–H and O–H groups in total. The molecular weight excluding hydrogens is 402 g/mol. The van der Waals surface area contributed by atoms with Gasteiger partial charge in [0.15, 0.2) is 0 Å². The van der Waals surface area contributed by atoms with Crippen molar-refractivity contribution in [2.24, 2.45) is 0 Å². The second-order valence-corrected chi connectivity index (χ2v) is 8.18. The van der Waals surface area contributed by atoms with Crippen molar-refractivity contribution in [2.75, 3.05) is 7.11 Å². The van der Waals surface area contributed by atoms with E-state index in [-0.39, 0.29) is 0 Å². The third-order valence-corrected chi connectivity index (χ3v) is 6.12. The number of thiophene rings is 1. The van der Waals surface area contributed by atoms with Crippen molar-refractivity contribution >= 4 is 21.4 Å². The Labute approximate surface area is 185 Å². The number of nitrogens with zero attached hydrogens (tertiary/aromatic N) is 1. The van der Waals surface area contributed by atoms with E-state index in [0.717, 1.165) is 33.9 Å². The quantitative estimate of drug-likeness (QED) is 0.289. The van der Waals surface area contributed by atoms with E-state index in [1.165, 1.54) is 15.6 Å². The Balaban J connectivity index is 1.54. The molecular formula is C27H21NO2S. The summed E-state index contributed by atoms with van der Waals surface area (Å²) >= 11 is 1.76. The Morgan fingerprint density at radius 3 is 2.48 bits per heavy atom. The van der Waals surface area contributed by atoms with E-state index >= 15 is 0 Å². The molecule has 0 aliphatic rings. The molecule has 3 nitrogen and oxygen atoms in total. The molecule has 0 atom stereocenters. The van der Waals surface area contributed by atoms with Gasteiger partial charge in [-0.15, -0.1) is 11.3 Å². The normalized spacial score (nSPS) is 10.9. The summed E-state index contributed by atoms with van der Waals surface area (Å²) in [5, 5.41) is 3.39. The fraction of sp³-hybridized carbons (Fsp3) is 0.0741. The van der Waals surface area contributed by atoms with Gasteiger partial charge in [0.2, 0.25) is 0 Å². The summed E-state index contributed by atoms with van der Waals surface area (Å²) in [6.07, 6.45) is 1.82. The third kappa shape index (κ3) is 4.16. The Hall–Kier alpha value is -3.63. The average Bonchev–Trinajstić information content (AvgIpc) is 3.32. The van der Waals surface area contributed by atoms with Gasteiger partial charge in [-0.3, -0.25) is 4.98 Å². The SMILES string of the molecule is COc1ccc(COc2cc(-c3ccccn3)cc(-c3cccc4sccc34)c2)cc1. The van der Waals surface area contributed by atoms with Gasteiger partial charge in [-0.1, -0.05) is 30.3 Å². The van der Waals surface area contributed by atoms with Crippen LogP contribution < -0.4 is 9.47 Å². The van der Waals surface area contributed by atoms with E-state index in [1.807, 2.05) is 48.7 Å². The van der Waals surface area contributed by atoms with Gasteiger partial charge >= 0.3 is 0 Å². The van der Waals surface area contributed by atoms with Crippen LogP contribution in [-0.4, -0.2) is 12.1 Å². The molecule has 5 rings (SSSR count). The van der Waals surface area contributed by atoms with Crippen LogP contribution in [0.25, 0.3) is 32.5 Å². The molecule has 0 fully saturated rings. The molecule has 5 aromatic rings. The highest BCUT2D eigenvalue weighted by atomic mass is 32.1. The van der Waals surface area contributed by atoms with E-state index in [0.29, 0.717) is 6.61 Å². The number of benzene rings is 3. The van der Waals surface area contributed by atoms with Crippen LogP contribution in [0.1, 0.15) is 5.56 Å². The summed E-state index contributed by atoms with van der Waals surface area (Å²) in [6, 6.07) is 28.9. The maximum Gasteiger partial charge on any atom is 0.121 e. The lowest BCUT2D eigenvalue weighted by Crippen LogP contribution is -1.97. The number of fused-ring (bicyclic) bond motifs is 1. The molecule has 152 valence electrons. The van der Waals surface area contributed by atoms with E-state index in [2.05, 4.69) is 52.8 Å². The van der Waals surface area contributed by atoms with Gasteiger partial charge in [0, 0.05) is 21.8 Å². The number of hydrogen-bond acceptors (Lipinski definition) is 4. The van der Waals surface area contributed by atoms with E-state index in [1.54, 1.807) is 18.4 Å². The van der Waals surface area contributed by atoms with Gasteiger partial charge in [0.1, 0.15) is 18.1 Å². The predicted octanol–water partition coefficient (Wildman–Crippen LogP) is 7.22. The number of rotatable bonds is 6. The molecule has 0 aliphatic heterocycles. The molecule has 3 aromatic carbocycles. The van der Waals surface area contributed by atoms with Gasteiger partial charge in [-0.25, -0.2) is 0 Å². The molecule has 0 unspecified atom stereocenters. The first kappa shape index (κ1) is 19.3. The molecule has 2 aromatic heterocycles. The lowest BCUT2D eigenvalue weighted by molar-refractivity contribution is 0.306. The lowest BCUT2D eigenvalue weighted by atomic mass is 9.98. The van der Waals surface area contributed by atoms with Crippen LogP contribution in [0.5, 0.6) is 11.5 Å². The van der Waals surface area contributed by atoms with Crippen molar-refractivity contribution in [1.82, 2.24) is 4.98 Å². The molecule has 0 saturated carbocycles. The third-order valence-electron chi connectivity index (χ3n) is 5.24. The van der Waals surface area contributed by atoms with Crippen LogP contribution in [0.2, 0.25) is 0 Å². The Morgan fingerprint density at radius 2 is 1.68 bits per heavy atom. The van der Waals surface area contributed by atoms with Crippen LogP contribution in [0.4, 0.5) is 0 Å². The minimum atomic E-state index is 0.484. The van der Waals surface area contributed by atoms with Gasteiger partial charge in [0.25, 0.3) is 0 Å². The number of ether oxygens (including phenoxy) is 2. The van der Waals surface area contributed by atoms with Crippen molar-refractivity contribution in [3.8, 4) is 33.9 Å². The van der Waals surface area contributed by atoms with Crippen molar-refractivity contribution in [3.05, 3.63) is 102 Å². The average molecular weight is 424 g/mol. The van der Waals surface area contributed by atoms with Crippen LogP contribution in [0.3, 0.4) is 0 Å². The van der Waals surface area contributed by atoms with E-state index in [4.69, 9.17) is 9.47 Å². The topological polar surface area (TPSA) is 31.4 Å². The first-order valence-corrected chi connectivity index (χ1v) is 11.0. The number of pyridine rings is 1. The molecule has 4 heteroatoms.